The van der Waals surface area contributed by atoms with Gasteiger partial charge in [0.05, 0.1) is 13.1 Å². The molecule has 1 rings (SSSR count). The molecule has 1 aromatic heterocycles. The quantitative estimate of drug-likeness (QED) is 0.745. The van der Waals surface area contributed by atoms with Gasteiger partial charge in [0.15, 0.2) is 0 Å². The summed E-state index contributed by atoms with van der Waals surface area (Å²) in [5, 5.41) is 3.44. The molecule has 0 spiro atoms. The van der Waals surface area contributed by atoms with E-state index < -0.39 is 0 Å². The predicted molar refractivity (Wildman–Crippen MR) is 85.8 cm³/mol. The van der Waals surface area contributed by atoms with Crippen LogP contribution in [0, 0.1) is 18.8 Å². The lowest BCUT2D eigenvalue weighted by Crippen LogP contribution is -2.20. The van der Waals surface area contributed by atoms with Crippen molar-refractivity contribution in [2.24, 2.45) is 11.8 Å². The molecule has 20 heavy (non-hydrogen) atoms. The number of aryl methyl sites for hydroxylation is 1. The lowest BCUT2D eigenvalue weighted by atomic mass is 10.1. The maximum Gasteiger partial charge on any atom is 0.120 e. The van der Waals surface area contributed by atoms with Crippen LogP contribution >= 0.6 is 0 Å². The molecule has 116 valence electrons. The van der Waals surface area contributed by atoms with Gasteiger partial charge in [-0.25, -0.2) is 0 Å². The molecule has 0 saturated carbocycles. The van der Waals surface area contributed by atoms with Gasteiger partial charge in [0.1, 0.15) is 11.5 Å². The Morgan fingerprint density at radius 2 is 1.90 bits per heavy atom. The molecule has 0 unspecified atom stereocenters. The minimum atomic E-state index is 0.673. The van der Waals surface area contributed by atoms with Gasteiger partial charge in [-0.15, -0.1) is 0 Å². The second-order valence-electron chi connectivity index (χ2n) is 6.76. The van der Waals surface area contributed by atoms with Crippen molar-refractivity contribution in [2.75, 3.05) is 20.1 Å². The Morgan fingerprint density at radius 3 is 2.50 bits per heavy atom. The summed E-state index contributed by atoms with van der Waals surface area (Å²) in [6, 6.07) is 2.18. The molecule has 0 fully saturated rings. The molecule has 0 amide bonds. The average Bonchev–Trinajstić information content (AvgIpc) is 2.67. The third-order valence-corrected chi connectivity index (χ3v) is 3.42. The molecule has 1 heterocycles. The van der Waals surface area contributed by atoms with Gasteiger partial charge < -0.3 is 9.73 Å². The Kier molecular flexibility index (Phi) is 7.31. The third kappa shape index (κ3) is 6.58. The van der Waals surface area contributed by atoms with Crippen LogP contribution in [-0.4, -0.2) is 25.0 Å². The fourth-order valence-corrected chi connectivity index (χ4v) is 2.14. The van der Waals surface area contributed by atoms with Gasteiger partial charge in [0.2, 0.25) is 0 Å². The van der Waals surface area contributed by atoms with Crippen LogP contribution < -0.4 is 5.32 Å². The molecule has 3 nitrogen and oxygen atoms in total. The van der Waals surface area contributed by atoms with Crippen molar-refractivity contribution in [1.29, 1.82) is 0 Å². The van der Waals surface area contributed by atoms with Crippen LogP contribution in [0.4, 0.5) is 0 Å². The van der Waals surface area contributed by atoms with Gasteiger partial charge in [0, 0.05) is 0 Å². The molecule has 0 atom stereocenters. The lowest BCUT2D eigenvalue weighted by Gasteiger charge is -2.16. The fourth-order valence-electron chi connectivity index (χ4n) is 2.14. The van der Waals surface area contributed by atoms with Crippen molar-refractivity contribution in [2.45, 2.75) is 54.1 Å². The van der Waals surface area contributed by atoms with Crippen LogP contribution in [0.3, 0.4) is 0 Å². The Morgan fingerprint density at radius 1 is 1.20 bits per heavy atom. The molecule has 0 radical (unpaired) electrons. The minimum Gasteiger partial charge on any atom is -0.463 e. The standard InChI is InChI=1S/C17H32N2O/c1-13(2)7-8-19(6)12-16-9-15(5)17(20-16)11-18-10-14(3)4/h9,13-14,18H,7-8,10-12H2,1-6H3. The van der Waals surface area contributed by atoms with Gasteiger partial charge in [-0.2, -0.15) is 0 Å². The number of nitrogens with one attached hydrogen (secondary N) is 1. The highest BCUT2D eigenvalue weighted by Crippen LogP contribution is 2.16. The fraction of sp³-hybridized carbons (Fsp3) is 0.765. The first-order valence-electron chi connectivity index (χ1n) is 7.86. The summed E-state index contributed by atoms with van der Waals surface area (Å²) in [6.45, 7) is 15.0. The molecular formula is C17H32N2O. The molecular weight excluding hydrogens is 248 g/mol. The van der Waals surface area contributed by atoms with Crippen molar-refractivity contribution >= 4 is 0 Å². The van der Waals surface area contributed by atoms with Crippen LogP contribution in [0.25, 0.3) is 0 Å². The first-order valence-corrected chi connectivity index (χ1v) is 7.86. The van der Waals surface area contributed by atoms with Gasteiger partial charge in [-0.3, -0.25) is 4.90 Å². The highest BCUT2D eigenvalue weighted by Gasteiger charge is 2.10. The summed E-state index contributed by atoms with van der Waals surface area (Å²) in [5.41, 5.74) is 1.26. The number of nitrogens with zero attached hydrogens (tertiary/aromatic N) is 1. The zero-order valence-corrected chi connectivity index (χ0v) is 14.1. The molecule has 0 aliphatic heterocycles. The van der Waals surface area contributed by atoms with Crippen LogP contribution in [0.5, 0.6) is 0 Å². The van der Waals surface area contributed by atoms with Crippen molar-refractivity contribution in [3.8, 4) is 0 Å². The van der Waals surface area contributed by atoms with Gasteiger partial charge in [-0.05, 0) is 56.9 Å². The normalized spacial score (nSPS) is 12.1. The zero-order valence-electron chi connectivity index (χ0n) is 14.1. The van der Waals surface area contributed by atoms with Crippen molar-refractivity contribution in [3.63, 3.8) is 0 Å². The smallest absolute Gasteiger partial charge is 0.120 e. The Balaban J connectivity index is 2.43. The van der Waals surface area contributed by atoms with E-state index >= 15 is 0 Å². The second-order valence-corrected chi connectivity index (χ2v) is 6.76. The van der Waals surface area contributed by atoms with Crippen LogP contribution in [0.1, 0.15) is 51.2 Å². The summed E-state index contributed by atoms with van der Waals surface area (Å²) in [6.07, 6.45) is 1.24. The van der Waals surface area contributed by atoms with Crippen LogP contribution in [-0.2, 0) is 13.1 Å². The SMILES string of the molecule is Cc1cc(CN(C)CCC(C)C)oc1CNCC(C)C. The van der Waals surface area contributed by atoms with Crippen LogP contribution in [0.15, 0.2) is 10.5 Å². The highest BCUT2D eigenvalue weighted by molar-refractivity contribution is 5.20. The Labute approximate surface area is 124 Å². The van der Waals surface area contributed by atoms with E-state index in [9.17, 15) is 0 Å². The van der Waals surface area contributed by atoms with E-state index in [0.29, 0.717) is 5.92 Å². The molecule has 0 aromatic carbocycles. The van der Waals surface area contributed by atoms with Crippen molar-refractivity contribution in [1.82, 2.24) is 10.2 Å². The molecule has 3 heteroatoms. The third-order valence-electron chi connectivity index (χ3n) is 3.42. The van der Waals surface area contributed by atoms with E-state index in [1.807, 2.05) is 0 Å². The van der Waals surface area contributed by atoms with E-state index in [0.717, 1.165) is 43.6 Å². The van der Waals surface area contributed by atoms with Crippen LogP contribution in [0.2, 0.25) is 0 Å². The maximum absolute atomic E-state index is 5.97. The van der Waals surface area contributed by atoms with Gasteiger partial charge in [-0.1, -0.05) is 27.7 Å². The van der Waals surface area contributed by atoms with E-state index in [1.165, 1.54) is 12.0 Å². The van der Waals surface area contributed by atoms with Crippen molar-refractivity contribution in [3.05, 3.63) is 23.2 Å². The van der Waals surface area contributed by atoms with Crippen molar-refractivity contribution < 1.29 is 4.42 Å². The number of hydrogen-bond donors (Lipinski definition) is 1. The summed E-state index contributed by atoms with van der Waals surface area (Å²) in [4.78, 5) is 2.34. The molecule has 0 aliphatic rings. The molecule has 1 N–H and O–H groups in total. The highest BCUT2D eigenvalue weighted by atomic mass is 16.3. The Bertz CT molecular complexity index is 382. The van der Waals surface area contributed by atoms with Gasteiger partial charge >= 0.3 is 0 Å². The number of furan rings is 1. The van der Waals surface area contributed by atoms with E-state index in [4.69, 9.17) is 4.42 Å². The van der Waals surface area contributed by atoms with E-state index in [1.54, 1.807) is 0 Å². The van der Waals surface area contributed by atoms with Gasteiger partial charge in [0.25, 0.3) is 0 Å². The summed E-state index contributed by atoms with van der Waals surface area (Å²) >= 11 is 0. The summed E-state index contributed by atoms with van der Waals surface area (Å²) in [5.74, 6) is 3.59. The molecule has 0 bridgehead atoms. The first-order chi connectivity index (χ1) is 9.38. The second kappa shape index (κ2) is 8.48. The molecule has 0 aliphatic carbocycles. The maximum atomic E-state index is 5.97. The largest absolute Gasteiger partial charge is 0.463 e. The topological polar surface area (TPSA) is 28.4 Å². The van der Waals surface area contributed by atoms with E-state index in [2.05, 4.69) is 57.9 Å². The lowest BCUT2D eigenvalue weighted by molar-refractivity contribution is 0.273. The van der Waals surface area contributed by atoms with E-state index in [-0.39, 0.29) is 0 Å². The molecule has 1 aromatic rings. The Hall–Kier alpha value is -0.800. The molecule has 0 saturated heterocycles. The summed E-state index contributed by atoms with van der Waals surface area (Å²) in [7, 11) is 2.16. The first kappa shape index (κ1) is 17.3. The average molecular weight is 280 g/mol. The number of rotatable bonds is 9. The minimum absolute atomic E-state index is 0.673. The predicted octanol–water partition coefficient (Wildman–Crippen LogP) is 3.81. The zero-order chi connectivity index (χ0) is 15.1. The monoisotopic (exact) mass is 280 g/mol. The summed E-state index contributed by atoms with van der Waals surface area (Å²) < 4.78 is 5.97. The number of hydrogen-bond acceptors (Lipinski definition) is 3.